The number of nitrogens with zero attached hydrogens (tertiary/aromatic N) is 3. The first-order valence-electron chi connectivity index (χ1n) is 8.86. The number of ether oxygens (including phenoxy) is 1. The van der Waals surface area contributed by atoms with Crippen molar-refractivity contribution in [3.63, 3.8) is 0 Å². The molecule has 2 aromatic carbocycles. The second kappa shape index (κ2) is 7.18. The normalized spacial score (nSPS) is 11.0. The molecular formula is C21H19N5O2. The number of aromatic nitrogens is 3. The van der Waals surface area contributed by atoms with Crippen LogP contribution in [0.25, 0.3) is 33.3 Å². The average molecular weight is 373 g/mol. The van der Waals surface area contributed by atoms with Gasteiger partial charge in [0.05, 0.1) is 35.0 Å². The van der Waals surface area contributed by atoms with Crippen molar-refractivity contribution in [2.75, 3.05) is 32.2 Å². The Bertz CT molecular complexity index is 1270. The van der Waals surface area contributed by atoms with Crippen molar-refractivity contribution in [1.29, 1.82) is 5.26 Å². The van der Waals surface area contributed by atoms with Crippen LogP contribution in [0.4, 0.5) is 5.69 Å². The van der Waals surface area contributed by atoms with E-state index >= 15 is 0 Å². The molecule has 4 aromatic rings. The van der Waals surface area contributed by atoms with E-state index in [4.69, 9.17) is 10.00 Å². The van der Waals surface area contributed by atoms with E-state index in [0.717, 1.165) is 23.1 Å². The van der Waals surface area contributed by atoms with Crippen LogP contribution >= 0.6 is 0 Å². The van der Waals surface area contributed by atoms with Gasteiger partial charge in [0.1, 0.15) is 0 Å². The summed E-state index contributed by atoms with van der Waals surface area (Å²) in [7, 11) is 3.64. The van der Waals surface area contributed by atoms with E-state index in [2.05, 4.69) is 25.9 Å². The van der Waals surface area contributed by atoms with Gasteiger partial charge in [-0.3, -0.25) is 4.79 Å². The first kappa shape index (κ1) is 17.8. The van der Waals surface area contributed by atoms with Gasteiger partial charge in [0, 0.05) is 37.3 Å². The highest BCUT2D eigenvalue weighted by atomic mass is 16.5. The maximum atomic E-state index is 12.7. The summed E-state index contributed by atoms with van der Waals surface area (Å²) in [5.74, 6) is 0. The summed E-state index contributed by atoms with van der Waals surface area (Å²) in [6.07, 6.45) is 0. The molecule has 0 saturated carbocycles. The molecule has 0 atom stereocenters. The van der Waals surface area contributed by atoms with Crippen LogP contribution in [-0.2, 0) is 4.74 Å². The molecule has 0 amide bonds. The third-order valence-corrected chi connectivity index (χ3v) is 4.75. The number of nitrogens with one attached hydrogen (secondary N) is 2. The Morgan fingerprint density at radius 2 is 2.00 bits per heavy atom. The molecule has 0 aliphatic carbocycles. The van der Waals surface area contributed by atoms with E-state index in [1.54, 1.807) is 19.2 Å². The van der Waals surface area contributed by atoms with Gasteiger partial charge in [0.15, 0.2) is 5.69 Å². The van der Waals surface area contributed by atoms with Crippen LogP contribution in [0, 0.1) is 11.3 Å². The molecule has 0 aliphatic heterocycles. The van der Waals surface area contributed by atoms with Gasteiger partial charge in [-0.2, -0.15) is 5.26 Å². The molecule has 0 fully saturated rings. The summed E-state index contributed by atoms with van der Waals surface area (Å²) in [6, 6.07) is 15.1. The zero-order valence-electron chi connectivity index (χ0n) is 15.6. The average Bonchev–Trinajstić information content (AvgIpc) is 3.13. The molecule has 0 spiro atoms. The lowest BCUT2D eigenvalue weighted by atomic mass is 10.1. The lowest BCUT2D eigenvalue weighted by Crippen LogP contribution is -2.22. The quantitative estimate of drug-likeness (QED) is 0.560. The van der Waals surface area contributed by atoms with E-state index < -0.39 is 0 Å². The van der Waals surface area contributed by atoms with E-state index in [1.807, 2.05) is 37.4 Å². The van der Waals surface area contributed by atoms with Gasteiger partial charge < -0.3 is 19.6 Å². The summed E-state index contributed by atoms with van der Waals surface area (Å²) in [4.78, 5) is 25.4. The first-order valence-corrected chi connectivity index (χ1v) is 8.86. The second-order valence-corrected chi connectivity index (χ2v) is 6.63. The summed E-state index contributed by atoms with van der Waals surface area (Å²) >= 11 is 0. The monoisotopic (exact) mass is 373 g/mol. The van der Waals surface area contributed by atoms with Crippen molar-refractivity contribution in [1.82, 2.24) is 15.0 Å². The van der Waals surface area contributed by atoms with Crippen molar-refractivity contribution in [3.8, 4) is 17.5 Å². The number of hydrogen-bond donors (Lipinski definition) is 2. The van der Waals surface area contributed by atoms with Gasteiger partial charge in [-0.15, -0.1) is 0 Å². The highest BCUT2D eigenvalue weighted by molar-refractivity contribution is 5.87. The lowest BCUT2D eigenvalue weighted by Gasteiger charge is -2.19. The van der Waals surface area contributed by atoms with Gasteiger partial charge in [-0.1, -0.05) is 0 Å². The van der Waals surface area contributed by atoms with E-state index in [1.165, 1.54) is 0 Å². The minimum atomic E-state index is -0.267. The summed E-state index contributed by atoms with van der Waals surface area (Å²) < 4.78 is 5.11. The number of aromatic amines is 2. The van der Waals surface area contributed by atoms with Crippen molar-refractivity contribution in [3.05, 3.63) is 58.4 Å². The maximum Gasteiger partial charge on any atom is 0.276 e. The van der Waals surface area contributed by atoms with Crippen LogP contribution in [0.3, 0.4) is 0 Å². The van der Waals surface area contributed by atoms with Gasteiger partial charge in [0.25, 0.3) is 5.56 Å². The Morgan fingerprint density at radius 1 is 1.14 bits per heavy atom. The number of nitriles is 1. The molecule has 0 aliphatic rings. The van der Waals surface area contributed by atoms with Crippen LogP contribution < -0.4 is 10.5 Å². The number of anilines is 1. The fourth-order valence-corrected chi connectivity index (χ4v) is 3.18. The van der Waals surface area contributed by atoms with Crippen LogP contribution in [0.15, 0.2) is 47.3 Å². The van der Waals surface area contributed by atoms with Gasteiger partial charge in [0.2, 0.25) is 0 Å². The SMILES string of the molecule is COCCN(C)c1ccc2nc(-c3cc4cc(C#N)ccc4[nH]3)c(=O)[nH]c2c1. The Morgan fingerprint density at radius 3 is 2.79 bits per heavy atom. The highest BCUT2D eigenvalue weighted by Gasteiger charge is 2.12. The summed E-state index contributed by atoms with van der Waals surface area (Å²) in [5.41, 5.74) is 4.46. The minimum Gasteiger partial charge on any atom is -0.383 e. The topological polar surface area (TPSA) is 97.8 Å². The largest absolute Gasteiger partial charge is 0.383 e. The molecule has 0 saturated heterocycles. The number of likely N-dealkylation sites (N-methyl/N-ethyl adjacent to an activating group) is 1. The van der Waals surface area contributed by atoms with Crippen LogP contribution in [-0.4, -0.2) is 42.3 Å². The Labute approximate surface area is 161 Å². The van der Waals surface area contributed by atoms with Crippen molar-refractivity contribution in [2.24, 2.45) is 0 Å². The molecule has 2 N–H and O–H groups in total. The summed E-state index contributed by atoms with van der Waals surface area (Å²) in [6.45, 7) is 1.37. The number of H-pyrrole nitrogens is 2. The molecule has 0 bridgehead atoms. The fraction of sp³-hybridized carbons (Fsp3) is 0.190. The van der Waals surface area contributed by atoms with Crippen molar-refractivity contribution in [2.45, 2.75) is 0 Å². The molecule has 7 heteroatoms. The first-order chi connectivity index (χ1) is 13.6. The smallest absolute Gasteiger partial charge is 0.276 e. The molecule has 7 nitrogen and oxygen atoms in total. The van der Waals surface area contributed by atoms with E-state index in [-0.39, 0.29) is 5.56 Å². The third-order valence-electron chi connectivity index (χ3n) is 4.75. The fourth-order valence-electron chi connectivity index (χ4n) is 3.18. The predicted octanol–water partition coefficient (Wildman–Crippen LogP) is 3.03. The molecule has 140 valence electrons. The Balaban J connectivity index is 1.75. The van der Waals surface area contributed by atoms with Crippen LogP contribution in [0.2, 0.25) is 0 Å². The Hall–Kier alpha value is -3.63. The molecule has 4 rings (SSSR count). The molecule has 0 unspecified atom stereocenters. The molecular weight excluding hydrogens is 354 g/mol. The maximum absolute atomic E-state index is 12.7. The number of hydrogen-bond acceptors (Lipinski definition) is 5. The highest BCUT2D eigenvalue weighted by Crippen LogP contribution is 2.24. The minimum absolute atomic E-state index is 0.267. The predicted molar refractivity (Wildman–Crippen MR) is 110 cm³/mol. The molecule has 0 radical (unpaired) electrons. The van der Waals surface area contributed by atoms with Gasteiger partial charge >= 0.3 is 0 Å². The van der Waals surface area contributed by atoms with Gasteiger partial charge in [-0.05, 0) is 42.5 Å². The van der Waals surface area contributed by atoms with Crippen molar-refractivity contribution < 1.29 is 4.74 Å². The number of methoxy groups -OCH3 is 1. The number of benzene rings is 2. The van der Waals surface area contributed by atoms with Gasteiger partial charge in [-0.25, -0.2) is 4.98 Å². The molecule has 2 heterocycles. The zero-order valence-corrected chi connectivity index (χ0v) is 15.6. The van der Waals surface area contributed by atoms with E-state index in [9.17, 15) is 4.79 Å². The third kappa shape index (κ3) is 3.21. The van der Waals surface area contributed by atoms with Crippen LogP contribution in [0.1, 0.15) is 5.56 Å². The lowest BCUT2D eigenvalue weighted by molar-refractivity contribution is 0.206. The summed E-state index contributed by atoms with van der Waals surface area (Å²) in [5, 5.41) is 9.92. The number of fused-ring (bicyclic) bond motifs is 2. The molecule has 28 heavy (non-hydrogen) atoms. The van der Waals surface area contributed by atoms with Crippen LogP contribution in [0.5, 0.6) is 0 Å². The Kier molecular flexibility index (Phi) is 4.55. The van der Waals surface area contributed by atoms with E-state index in [0.29, 0.717) is 34.6 Å². The molecule has 2 aromatic heterocycles. The standard InChI is InChI=1S/C21H19N5O2/c1-26(7-8-28-2)15-4-6-17-18(11-15)25-21(27)20(24-17)19-10-14-9-13(12-22)3-5-16(14)23-19/h3-6,9-11,23H,7-8H2,1-2H3,(H,25,27). The number of rotatable bonds is 5. The zero-order chi connectivity index (χ0) is 19.7. The van der Waals surface area contributed by atoms with Crippen molar-refractivity contribution >= 4 is 27.6 Å². The second-order valence-electron chi connectivity index (χ2n) is 6.63.